The Bertz CT molecular complexity index is 1450. The van der Waals surface area contributed by atoms with Crippen molar-refractivity contribution in [2.45, 2.75) is 13.8 Å². The SMILES string of the molecule is Cc1cccc(C)c1NC(=O)c1cnc(Nc2ccc(N3CCN(C)CC3)cc2)nc1Oc1ccccc1Cl. The Morgan fingerprint density at radius 3 is 2.31 bits per heavy atom. The molecule has 0 atom stereocenters. The molecule has 0 aliphatic carbocycles. The maximum absolute atomic E-state index is 13.4. The van der Waals surface area contributed by atoms with Gasteiger partial charge in [0.05, 0.1) is 5.02 Å². The Balaban J connectivity index is 1.40. The lowest BCUT2D eigenvalue weighted by Gasteiger charge is -2.34. The van der Waals surface area contributed by atoms with Crippen LogP contribution in [0.2, 0.25) is 5.02 Å². The fourth-order valence-corrected chi connectivity index (χ4v) is 4.61. The molecule has 1 amide bonds. The van der Waals surface area contributed by atoms with E-state index in [1.807, 2.05) is 50.2 Å². The number of halogens is 1. The number of aryl methyl sites for hydroxylation is 2. The third kappa shape index (κ3) is 6.30. The van der Waals surface area contributed by atoms with E-state index in [9.17, 15) is 4.79 Å². The molecule has 5 rings (SSSR count). The average Bonchev–Trinajstić information content (AvgIpc) is 2.93. The Hall–Kier alpha value is -4.14. The van der Waals surface area contributed by atoms with Crippen LogP contribution in [0.5, 0.6) is 11.6 Å². The highest BCUT2D eigenvalue weighted by molar-refractivity contribution is 6.32. The monoisotopic (exact) mass is 542 g/mol. The van der Waals surface area contributed by atoms with E-state index in [4.69, 9.17) is 16.3 Å². The number of likely N-dealkylation sites (N-methyl/N-ethyl adjacent to an activating group) is 1. The highest BCUT2D eigenvalue weighted by atomic mass is 35.5. The zero-order valence-corrected chi connectivity index (χ0v) is 23.0. The number of carbonyl (C=O) groups excluding carboxylic acids is 1. The van der Waals surface area contributed by atoms with Crippen molar-refractivity contribution in [1.82, 2.24) is 14.9 Å². The van der Waals surface area contributed by atoms with Gasteiger partial charge < -0.3 is 25.2 Å². The molecule has 39 heavy (non-hydrogen) atoms. The van der Waals surface area contributed by atoms with Gasteiger partial charge in [0.1, 0.15) is 11.3 Å². The maximum atomic E-state index is 13.4. The Morgan fingerprint density at radius 2 is 1.62 bits per heavy atom. The van der Waals surface area contributed by atoms with E-state index in [0.29, 0.717) is 16.7 Å². The first-order chi connectivity index (χ1) is 18.9. The zero-order valence-electron chi connectivity index (χ0n) is 22.2. The molecule has 8 nitrogen and oxygen atoms in total. The Labute approximate surface area is 233 Å². The van der Waals surface area contributed by atoms with Crippen LogP contribution in [0, 0.1) is 13.8 Å². The van der Waals surface area contributed by atoms with Crippen LogP contribution in [0.25, 0.3) is 0 Å². The summed E-state index contributed by atoms with van der Waals surface area (Å²) in [6.07, 6.45) is 1.46. The van der Waals surface area contributed by atoms with Crippen molar-refractivity contribution >= 4 is 40.5 Å². The van der Waals surface area contributed by atoms with Crippen molar-refractivity contribution in [3.63, 3.8) is 0 Å². The summed E-state index contributed by atoms with van der Waals surface area (Å²) >= 11 is 6.34. The molecule has 200 valence electrons. The van der Waals surface area contributed by atoms with E-state index in [1.54, 1.807) is 18.2 Å². The number of benzene rings is 3. The van der Waals surface area contributed by atoms with Gasteiger partial charge in [0, 0.05) is 49.4 Å². The second-order valence-corrected chi connectivity index (χ2v) is 10.0. The summed E-state index contributed by atoms with van der Waals surface area (Å²) in [5, 5.41) is 6.62. The van der Waals surface area contributed by atoms with Gasteiger partial charge in [-0.2, -0.15) is 4.98 Å². The number of hydrogen-bond acceptors (Lipinski definition) is 7. The highest BCUT2D eigenvalue weighted by Crippen LogP contribution is 2.31. The quantitative estimate of drug-likeness (QED) is 0.284. The fourth-order valence-electron chi connectivity index (χ4n) is 4.43. The van der Waals surface area contributed by atoms with Crippen LogP contribution in [-0.2, 0) is 0 Å². The van der Waals surface area contributed by atoms with Crippen LogP contribution >= 0.6 is 11.6 Å². The van der Waals surface area contributed by atoms with E-state index >= 15 is 0 Å². The number of piperazine rings is 1. The number of para-hydroxylation sites is 2. The summed E-state index contributed by atoms with van der Waals surface area (Å²) < 4.78 is 6.05. The van der Waals surface area contributed by atoms with Crippen LogP contribution in [0.15, 0.2) is 72.9 Å². The summed E-state index contributed by atoms with van der Waals surface area (Å²) in [7, 11) is 2.15. The van der Waals surface area contributed by atoms with Crippen LogP contribution in [0.3, 0.4) is 0 Å². The topological polar surface area (TPSA) is 82.6 Å². The first-order valence-corrected chi connectivity index (χ1v) is 13.2. The first kappa shape index (κ1) is 26.5. The molecule has 0 saturated carbocycles. The lowest BCUT2D eigenvalue weighted by molar-refractivity contribution is 0.102. The van der Waals surface area contributed by atoms with Crippen LogP contribution in [0.1, 0.15) is 21.5 Å². The smallest absolute Gasteiger partial charge is 0.262 e. The normalized spacial score (nSPS) is 13.7. The third-order valence-corrected chi connectivity index (χ3v) is 7.07. The highest BCUT2D eigenvalue weighted by Gasteiger charge is 2.20. The number of hydrogen-bond donors (Lipinski definition) is 2. The van der Waals surface area contributed by atoms with Crippen LogP contribution in [0.4, 0.5) is 23.0 Å². The van der Waals surface area contributed by atoms with Crippen LogP contribution < -0.4 is 20.3 Å². The second kappa shape index (κ2) is 11.7. The number of aromatic nitrogens is 2. The number of anilines is 4. The molecule has 0 bridgehead atoms. The van der Waals surface area contributed by atoms with Crippen molar-refractivity contribution in [3.05, 3.63) is 94.6 Å². The van der Waals surface area contributed by atoms with E-state index in [2.05, 4.69) is 49.6 Å². The van der Waals surface area contributed by atoms with Gasteiger partial charge in [-0.25, -0.2) is 4.98 Å². The van der Waals surface area contributed by atoms with E-state index < -0.39 is 0 Å². The predicted octanol–water partition coefficient (Wildman–Crippen LogP) is 6.29. The lowest BCUT2D eigenvalue weighted by Crippen LogP contribution is -2.44. The van der Waals surface area contributed by atoms with Crippen molar-refractivity contribution in [2.24, 2.45) is 0 Å². The van der Waals surface area contributed by atoms with Crippen LogP contribution in [-0.4, -0.2) is 54.0 Å². The predicted molar refractivity (Wildman–Crippen MR) is 157 cm³/mol. The van der Waals surface area contributed by atoms with Crippen molar-refractivity contribution in [2.75, 3.05) is 48.8 Å². The molecule has 1 aliphatic rings. The molecule has 1 aromatic heterocycles. The third-order valence-electron chi connectivity index (χ3n) is 6.75. The molecule has 0 spiro atoms. The summed E-state index contributed by atoms with van der Waals surface area (Å²) in [6, 6.07) is 21.1. The fraction of sp³-hybridized carbons (Fsp3) is 0.233. The molecule has 2 heterocycles. The van der Waals surface area contributed by atoms with Gasteiger partial charge in [0.2, 0.25) is 11.8 Å². The van der Waals surface area contributed by atoms with Gasteiger partial charge >= 0.3 is 0 Å². The van der Waals surface area contributed by atoms with E-state index in [1.165, 1.54) is 11.9 Å². The number of rotatable bonds is 7. The maximum Gasteiger partial charge on any atom is 0.262 e. The minimum atomic E-state index is -0.377. The number of ether oxygens (including phenoxy) is 1. The molecule has 1 fully saturated rings. The minimum absolute atomic E-state index is 0.0957. The number of nitrogens with zero attached hydrogens (tertiary/aromatic N) is 4. The molecule has 4 aromatic rings. The Morgan fingerprint density at radius 1 is 0.923 bits per heavy atom. The molecular formula is C30H31ClN6O2. The molecule has 9 heteroatoms. The second-order valence-electron chi connectivity index (χ2n) is 9.63. The van der Waals surface area contributed by atoms with Crippen molar-refractivity contribution in [3.8, 4) is 11.6 Å². The molecular weight excluding hydrogens is 512 g/mol. The largest absolute Gasteiger partial charge is 0.436 e. The average molecular weight is 543 g/mol. The van der Waals surface area contributed by atoms with Crippen molar-refractivity contribution in [1.29, 1.82) is 0 Å². The van der Waals surface area contributed by atoms with Gasteiger partial charge in [0.25, 0.3) is 5.91 Å². The number of carbonyl (C=O) groups is 1. The van der Waals surface area contributed by atoms with Gasteiger partial charge in [-0.1, -0.05) is 41.9 Å². The van der Waals surface area contributed by atoms with Gasteiger partial charge in [-0.15, -0.1) is 0 Å². The molecule has 0 radical (unpaired) electrons. The van der Waals surface area contributed by atoms with Crippen molar-refractivity contribution < 1.29 is 9.53 Å². The number of amides is 1. The van der Waals surface area contributed by atoms with E-state index in [0.717, 1.165) is 48.7 Å². The first-order valence-electron chi connectivity index (χ1n) is 12.8. The molecule has 1 saturated heterocycles. The van der Waals surface area contributed by atoms with E-state index in [-0.39, 0.29) is 17.4 Å². The minimum Gasteiger partial charge on any atom is -0.436 e. The molecule has 3 aromatic carbocycles. The zero-order chi connectivity index (χ0) is 27.4. The summed E-state index contributed by atoms with van der Waals surface area (Å²) in [5.41, 5.74) is 4.84. The van der Waals surface area contributed by atoms with Gasteiger partial charge in [-0.05, 0) is 68.4 Å². The molecule has 1 aliphatic heterocycles. The molecule has 2 N–H and O–H groups in total. The lowest BCUT2D eigenvalue weighted by atomic mass is 10.1. The summed E-state index contributed by atoms with van der Waals surface area (Å²) in [5.74, 6) is 0.408. The molecule has 0 unspecified atom stereocenters. The summed E-state index contributed by atoms with van der Waals surface area (Å²) in [4.78, 5) is 27.0. The van der Waals surface area contributed by atoms with Gasteiger partial charge in [-0.3, -0.25) is 4.79 Å². The summed E-state index contributed by atoms with van der Waals surface area (Å²) in [6.45, 7) is 7.99. The van der Waals surface area contributed by atoms with Gasteiger partial charge in [0.15, 0.2) is 0 Å². The Kier molecular flexibility index (Phi) is 7.95. The standard InChI is InChI=1S/C30H31ClN6O2/c1-20-7-6-8-21(2)27(20)34-28(38)24-19-32-30(35-29(24)39-26-10-5-4-9-25(26)31)33-22-11-13-23(14-12-22)37-17-15-36(3)16-18-37/h4-14,19H,15-18H2,1-3H3,(H,34,38)(H,32,33,35). The number of nitrogens with one attached hydrogen (secondary N) is 2.